The number of nitrogens with zero attached hydrogens (tertiary/aromatic N) is 2. The summed E-state index contributed by atoms with van der Waals surface area (Å²) >= 11 is 0. The van der Waals surface area contributed by atoms with E-state index in [4.69, 9.17) is 9.15 Å². The third-order valence-electron chi connectivity index (χ3n) is 3.84. The van der Waals surface area contributed by atoms with Crippen LogP contribution in [0.15, 0.2) is 59.3 Å². The number of carbonyl (C=O) groups excluding carboxylic acids is 1. The average Bonchev–Trinajstić information content (AvgIpc) is 3.14. The maximum absolute atomic E-state index is 12.1. The molecule has 0 unspecified atom stereocenters. The first-order valence-corrected chi connectivity index (χ1v) is 8.31. The van der Waals surface area contributed by atoms with Gasteiger partial charge in [0.15, 0.2) is 6.61 Å². The molecule has 2 aromatic carbocycles. The van der Waals surface area contributed by atoms with Crippen molar-refractivity contribution in [3.05, 3.63) is 60.5 Å². The van der Waals surface area contributed by atoms with Crippen molar-refractivity contribution in [3.63, 3.8) is 0 Å². The van der Waals surface area contributed by atoms with Gasteiger partial charge in [-0.1, -0.05) is 39.0 Å². The van der Waals surface area contributed by atoms with Crippen molar-refractivity contribution in [2.45, 2.75) is 26.2 Å². The van der Waals surface area contributed by atoms with Crippen LogP contribution in [0.2, 0.25) is 0 Å². The minimum absolute atomic E-state index is 0.0698. The molecule has 0 saturated heterocycles. The Bertz CT molecular complexity index is 866. The number of benzene rings is 2. The molecule has 0 bridgehead atoms. The SMILES string of the molecule is CC(C)(C)c1ccc(OCC(=O)Nc2cccc(-c3nnco3)c2)cc1. The lowest BCUT2D eigenvalue weighted by Gasteiger charge is -2.19. The molecule has 0 saturated carbocycles. The fourth-order valence-corrected chi connectivity index (χ4v) is 2.43. The zero-order valence-electron chi connectivity index (χ0n) is 15.0. The molecule has 0 atom stereocenters. The van der Waals surface area contributed by atoms with Gasteiger partial charge in [-0.3, -0.25) is 4.79 Å². The Morgan fingerprint density at radius 3 is 2.58 bits per heavy atom. The summed E-state index contributed by atoms with van der Waals surface area (Å²) in [6.45, 7) is 6.38. The predicted octanol–water partition coefficient (Wildman–Crippen LogP) is 4.05. The predicted molar refractivity (Wildman–Crippen MR) is 99.0 cm³/mol. The molecule has 0 aliphatic carbocycles. The highest BCUT2D eigenvalue weighted by Gasteiger charge is 2.13. The standard InChI is InChI=1S/C20H21N3O3/c1-20(2,3)15-7-9-17(10-8-15)25-12-18(24)22-16-6-4-5-14(11-16)19-23-21-13-26-19/h4-11,13H,12H2,1-3H3,(H,22,24). The monoisotopic (exact) mass is 351 g/mol. The molecule has 1 aromatic heterocycles. The third-order valence-corrected chi connectivity index (χ3v) is 3.84. The first-order valence-electron chi connectivity index (χ1n) is 8.31. The van der Waals surface area contributed by atoms with E-state index in [0.29, 0.717) is 17.3 Å². The number of carbonyl (C=O) groups is 1. The van der Waals surface area contributed by atoms with Crippen LogP contribution in [0.3, 0.4) is 0 Å². The summed E-state index contributed by atoms with van der Waals surface area (Å²) in [4.78, 5) is 12.1. The van der Waals surface area contributed by atoms with Gasteiger partial charge in [0.05, 0.1) is 0 Å². The Kier molecular flexibility index (Phi) is 5.02. The van der Waals surface area contributed by atoms with E-state index >= 15 is 0 Å². The topological polar surface area (TPSA) is 77.2 Å². The summed E-state index contributed by atoms with van der Waals surface area (Å²) < 4.78 is 10.7. The van der Waals surface area contributed by atoms with Crippen LogP contribution >= 0.6 is 0 Å². The van der Waals surface area contributed by atoms with Crippen LogP contribution in [0, 0.1) is 0 Å². The normalized spacial score (nSPS) is 11.2. The lowest BCUT2D eigenvalue weighted by Crippen LogP contribution is -2.20. The Morgan fingerprint density at radius 1 is 1.15 bits per heavy atom. The van der Waals surface area contributed by atoms with E-state index in [-0.39, 0.29) is 17.9 Å². The zero-order chi connectivity index (χ0) is 18.6. The van der Waals surface area contributed by atoms with Gasteiger partial charge < -0.3 is 14.5 Å². The molecular weight excluding hydrogens is 330 g/mol. The molecule has 3 aromatic rings. The number of hydrogen-bond donors (Lipinski definition) is 1. The van der Waals surface area contributed by atoms with E-state index < -0.39 is 0 Å². The van der Waals surface area contributed by atoms with Crippen LogP contribution in [0.4, 0.5) is 5.69 Å². The van der Waals surface area contributed by atoms with Crippen molar-refractivity contribution in [1.29, 1.82) is 0 Å². The minimum atomic E-state index is -0.243. The summed E-state index contributed by atoms with van der Waals surface area (Å²) in [5, 5.41) is 10.3. The maximum atomic E-state index is 12.1. The summed E-state index contributed by atoms with van der Waals surface area (Å²) in [5.41, 5.74) is 2.67. The Balaban J connectivity index is 1.57. The number of amides is 1. The number of hydrogen-bond acceptors (Lipinski definition) is 5. The van der Waals surface area contributed by atoms with Gasteiger partial charge in [-0.15, -0.1) is 10.2 Å². The summed E-state index contributed by atoms with van der Waals surface area (Å²) in [6.07, 6.45) is 1.26. The highest BCUT2D eigenvalue weighted by atomic mass is 16.5. The number of ether oxygens (including phenoxy) is 1. The minimum Gasteiger partial charge on any atom is -0.484 e. The van der Waals surface area contributed by atoms with Gasteiger partial charge >= 0.3 is 0 Å². The Hall–Kier alpha value is -3.15. The number of anilines is 1. The number of aromatic nitrogens is 2. The molecular formula is C20H21N3O3. The highest BCUT2D eigenvalue weighted by Crippen LogP contribution is 2.24. The molecule has 134 valence electrons. The second-order valence-corrected chi connectivity index (χ2v) is 6.94. The van der Waals surface area contributed by atoms with Gasteiger partial charge in [-0.05, 0) is 41.3 Å². The van der Waals surface area contributed by atoms with Gasteiger partial charge in [0.25, 0.3) is 5.91 Å². The molecule has 3 rings (SSSR count). The second kappa shape index (κ2) is 7.39. The van der Waals surface area contributed by atoms with E-state index in [9.17, 15) is 4.79 Å². The van der Waals surface area contributed by atoms with Crippen molar-refractivity contribution in [2.24, 2.45) is 0 Å². The molecule has 0 fully saturated rings. The molecule has 0 radical (unpaired) electrons. The van der Waals surface area contributed by atoms with E-state index in [1.165, 1.54) is 12.0 Å². The van der Waals surface area contributed by atoms with Crippen molar-refractivity contribution < 1.29 is 13.9 Å². The van der Waals surface area contributed by atoms with E-state index in [2.05, 4.69) is 36.3 Å². The molecule has 0 spiro atoms. The molecule has 0 aliphatic heterocycles. The molecule has 6 nitrogen and oxygen atoms in total. The quantitative estimate of drug-likeness (QED) is 0.750. The van der Waals surface area contributed by atoms with Crippen LogP contribution in [0.25, 0.3) is 11.5 Å². The number of nitrogens with one attached hydrogen (secondary N) is 1. The molecule has 1 heterocycles. The Labute approximate surface area is 152 Å². The van der Waals surface area contributed by atoms with Crippen molar-refractivity contribution in [2.75, 3.05) is 11.9 Å². The lowest BCUT2D eigenvalue weighted by atomic mass is 9.87. The highest BCUT2D eigenvalue weighted by molar-refractivity contribution is 5.92. The molecule has 6 heteroatoms. The first-order chi connectivity index (χ1) is 12.4. The lowest BCUT2D eigenvalue weighted by molar-refractivity contribution is -0.118. The van der Waals surface area contributed by atoms with Crippen LogP contribution in [0.1, 0.15) is 26.3 Å². The molecule has 1 N–H and O–H groups in total. The largest absolute Gasteiger partial charge is 0.484 e. The van der Waals surface area contributed by atoms with Gasteiger partial charge in [0.1, 0.15) is 5.75 Å². The van der Waals surface area contributed by atoms with Crippen molar-refractivity contribution in [3.8, 4) is 17.2 Å². The van der Waals surface area contributed by atoms with Gasteiger partial charge in [-0.2, -0.15) is 0 Å². The van der Waals surface area contributed by atoms with E-state index in [0.717, 1.165) is 5.56 Å². The van der Waals surface area contributed by atoms with Gasteiger partial charge in [0.2, 0.25) is 12.3 Å². The van der Waals surface area contributed by atoms with Crippen molar-refractivity contribution in [1.82, 2.24) is 10.2 Å². The third kappa shape index (κ3) is 4.47. The van der Waals surface area contributed by atoms with Crippen LogP contribution < -0.4 is 10.1 Å². The van der Waals surface area contributed by atoms with E-state index in [1.54, 1.807) is 18.2 Å². The summed E-state index contributed by atoms with van der Waals surface area (Å²) in [6, 6.07) is 15.0. The van der Waals surface area contributed by atoms with Crippen molar-refractivity contribution >= 4 is 11.6 Å². The molecule has 1 amide bonds. The van der Waals surface area contributed by atoms with Gasteiger partial charge in [0, 0.05) is 11.3 Å². The van der Waals surface area contributed by atoms with Crippen LogP contribution in [-0.2, 0) is 10.2 Å². The van der Waals surface area contributed by atoms with Gasteiger partial charge in [-0.25, -0.2) is 0 Å². The average molecular weight is 351 g/mol. The van der Waals surface area contributed by atoms with Crippen LogP contribution in [0.5, 0.6) is 5.75 Å². The van der Waals surface area contributed by atoms with Crippen LogP contribution in [-0.4, -0.2) is 22.7 Å². The summed E-state index contributed by atoms with van der Waals surface area (Å²) in [5.74, 6) is 0.816. The first kappa shape index (κ1) is 17.7. The molecule has 26 heavy (non-hydrogen) atoms. The number of rotatable bonds is 5. The zero-order valence-corrected chi connectivity index (χ0v) is 15.0. The summed E-state index contributed by atoms with van der Waals surface area (Å²) in [7, 11) is 0. The smallest absolute Gasteiger partial charge is 0.262 e. The Morgan fingerprint density at radius 2 is 1.92 bits per heavy atom. The molecule has 0 aliphatic rings. The van der Waals surface area contributed by atoms with E-state index in [1.807, 2.05) is 30.3 Å². The fourth-order valence-electron chi connectivity index (χ4n) is 2.43. The second-order valence-electron chi connectivity index (χ2n) is 6.94. The maximum Gasteiger partial charge on any atom is 0.262 e. The fraction of sp³-hybridized carbons (Fsp3) is 0.250.